The summed E-state index contributed by atoms with van der Waals surface area (Å²) in [6.07, 6.45) is 0.695. The molecule has 2 aromatic rings. The summed E-state index contributed by atoms with van der Waals surface area (Å²) in [5, 5.41) is 5.16. The summed E-state index contributed by atoms with van der Waals surface area (Å²) < 4.78 is 2.96. The molecule has 0 aliphatic carbocycles. The van der Waals surface area contributed by atoms with E-state index in [1.807, 2.05) is 29.8 Å². The van der Waals surface area contributed by atoms with Crippen molar-refractivity contribution in [2.45, 2.75) is 32.9 Å². The Morgan fingerprint density at radius 1 is 1.50 bits per heavy atom. The van der Waals surface area contributed by atoms with Gasteiger partial charge in [0.05, 0.1) is 22.5 Å². The van der Waals surface area contributed by atoms with Gasteiger partial charge in [-0.25, -0.2) is 0 Å². The van der Waals surface area contributed by atoms with E-state index in [9.17, 15) is 0 Å². The first-order valence-corrected chi connectivity index (χ1v) is 7.67. The van der Waals surface area contributed by atoms with E-state index in [0.717, 1.165) is 33.0 Å². The Kier molecular flexibility index (Phi) is 5.21. The van der Waals surface area contributed by atoms with Crippen molar-refractivity contribution in [1.82, 2.24) is 15.2 Å². The fourth-order valence-electron chi connectivity index (χ4n) is 2.25. The molecule has 0 aliphatic heterocycles. The maximum Gasteiger partial charge on any atom is 0.0847 e. The van der Waals surface area contributed by atoms with E-state index in [-0.39, 0.29) is 6.04 Å². The van der Waals surface area contributed by atoms with Crippen LogP contribution < -0.4 is 11.3 Å². The number of halogens is 2. The van der Waals surface area contributed by atoms with Crippen molar-refractivity contribution in [1.29, 1.82) is 0 Å². The standard InChI is InChI=1S/C14H18BrClN4/c1-3-20-13(14(16)9(2)19-20)8-12(18-17)10-5-4-6-11(15)7-10/h4-7,12,18H,3,8,17H2,1-2H3. The summed E-state index contributed by atoms with van der Waals surface area (Å²) in [6.45, 7) is 4.76. The Labute approximate surface area is 132 Å². The number of nitrogens with zero attached hydrogens (tertiary/aromatic N) is 2. The van der Waals surface area contributed by atoms with Gasteiger partial charge in [-0.05, 0) is 31.5 Å². The highest BCUT2D eigenvalue weighted by atomic mass is 79.9. The maximum atomic E-state index is 6.35. The second-order valence-corrected chi connectivity index (χ2v) is 5.93. The SMILES string of the molecule is CCn1nc(C)c(Cl)c1CC(NN)c1cccc(Br)c1. The van der Waals surface area contributed by atoms with E-state index in [2.05, 4.69) is 39.4 Å². The van der Waals surface area contributed by atoms with Gasteiger partial charge in [0.15, 0.2) is 0 Å². The van der Waals surface area contributed by atoms with Crippen molar-refractivity contribution in [3.63, 3.8) is 0 Å². The maximum absolute atomic E-state index is 6.35. The Balaban J connectivity index is 2.31. The molecule has 3 N–H and O–H groups in total. The van der Waals surface area contributed by atoms with E-state index in [1.54, 1.807) is 0 Å². The molecule has 108 valence electrons. The number of aromatic nitrogens is 2. The first-order valence-electron chi connectivity index (χ1n) is 6.50. The Bertz CT molecular complexity index is 597. The third-order valence-corrected chi connectivity index (χ3v) is 4.29. The minimum atomic E-state index is -0.00796. The Morgan fingerprint density at radius 3 is 2.85 bits per heavy atom. The summed E-state index contributed by atoms with van der Waals surface area (Å²) in [5.41, 5.74) is 5.84. The number of benzene rings is 1. The van der Waals surface area contributed by atoms with Crippen molar-refractivity contribution in [2.24, 2.45) is 5.84 Å². The zero-order valence-corrected chi connectivity index (χ0v) is 13.9. The molecule has 0 saturated carbocycles. The van der Waals surface area contributed by atoms with E-state index in [4.69, 9.17) is 17.4 Å². The molecule has 1 unspecified atom stereocenters. The monoisotopic (exact) mass is 356 g/mol. The van der Waals surface area contributed by atoms with E-state index in [0.29, 0.717) is 6.42 Å². The van der Waals surface area contributed by atoms with Crippen LogP contribution in [0.15, 0.2) is 28.7 Å². The molecule has 1 aromatic carbocycles. The van der Waals surface area contributed by atoms with Crippen molar-refractivity contribution >= 4 is 27.5 Å². The average molecular weight is 358 g/mol. The third-order valence-electron chi connectivity index (χ3n) is 3.30. The van der Waals surface area contributed by atoms with E-state index in [1.165, 1.54) is 0 Å². The van der Waals surface area contributed by atoms with Crippen LogP contribution in [-0.4, -0.2) is 9.78 Å². The highest BCUT2D eigenvalue weighted by Gasteiger charge is 2.18. The van der Waals surface area contributed by atoms with Gasteiger partial charge in [0.25, 0.3) is 0 Å². The molecule has 0 spiro atoms. The number of rotatable bonds is 5. The molecule has 1 aromatic heterocycles. The van der Waals surface area contributed by atoms with Crippen molar-refractivity contribution < 1.29 is 0 Å². The van der Waals surface area contributed by atoms with E-state index >= 15 is 0 Å². The van der Waals surface area contributed by atoms with Crippen molar-refractivity contribution in [3.8, 4) is 0 Å². The molecule has 0 bridgehead atoms. The van der Waals surface area contributed by atoms with Crippen LogP contribution in [0.4, 0.5) is 0 Å². The lowest BCUT2D eigenvalue weighted by atomic mass is 10.0. The molecule has 0 saturated heterocycles. The molecule has 4 nitrogen and oxygen atoms in total. The summed E-state index contributed by atoms with van der Waals surface area (Å²) in [4.78, 5) is 0. The highest BCUT2D eigenvalue weighted by molar-refractivity contribution is 9.10. The van der Waals surface area contributed by atoms with Gasteiger partial charge in [-0.1, -0.05) is 39.7 Å². The van der Waals surface area contributed by atoms with Crippen molar-refractivity contribution in [2.75, 3.05) is 0 Å². The van der Waals surface area contributed by atoms with Crippen LogP contribution >= 0.6 is 27.5 Å². The molecule has 20 heavy (non-hydrogen) atoms. The lowest BCUT2D eigenvalue weighted by Gasteiger charge is -2.17. The summed E-state index contributed by atoms with van der Waals surface area (Å²) in [6, 6.07) is 8.07. The first-order chi connectivity index (χ1) is 9.56. The van der Waals surface area contributed by atoms with Gasteiger partial charge in [-0.15, -0.1) is 0 Å². The van der Waals surface area contributed by atoms with Crippen LogP contribution in [0.3, 0.4) is 0 Å². The second-order valence-electron chi connectivity index (χ2n) is 4.64. The fraction of sp³-hybridized carbons (Fsp3) is 0.357. The quantitative estimate of drug-likeness (QED) is 0.637. The lowest BCUT2D eigenvalue weighted by Crippen LogP contribution is -2.30. The van der Waals surface area contributed by atoms with Gasteiger partial charge in [0.1, 0.15) is 0 Å². The Morgan fingerprint density at radius 2 is 2.25 bits per heavy atom. The first kappa shape index (κ1) is 15.5. The van der Waals surface area contributed by atoms with Crippen LogP contribution in [0.25, 0.3) is 0 Å². The number of hydrogen-bond acceptors (Lipinski definition) is 3. The predicted molar refractivity (Wildman–Crippen MR) is 85.6 cm³/mol. The second kappa shape index (κ2) is 6.72. The summed E-state index contributed by atoms with van der Waals surface area (Å²) >= 11 is 9.83. The van der Waals surface area contributed by atoms with Gasteiger partial charge in [-0.2, -0.15) is 5.10 Å². The number of nitrogens with two attached hydrogens (primary N) is 1. The molecule has 6 heteroatoms. The van der Waals surface area contributed by atoms with Crippen LogP contribution in [-0.2, 0) is 13.0 Å². The zero-order chi connectivity index (χ0) is 14.7. The van der Waals surface area contributed by atoms with Gasteiger partial charge in [0.2, 0.25) is 0 Å². The Hall–Kier alpha value is -0.880. The van der Waals surface area contributed by atoms with Gasteiger partial charge >= 0.3 is 0 Å². The number of hydrazine groups is 1. The molecule has 1 atom stereocenters. The van der Waals surface area contributed by atoms with Gasteiger partial charge < -0.3 is 0 Å². The predicted octanol–water partition coefficient (Wildman–Crippen LogP) is 3.37. The minimum absolute atomic E-state index is 0.00796. The molecular formula is C14H18BrClN4. The lowest BCUT2D eigenvalue weighted by molar-refractivity contribution is 0.517. The third kappa shape index (κ3) is 3.23. The van der Waals surface area contributed by atoms with Gasteiger partial charge in [-0.3, -0.25) is 16.0 Å². The number of hydrogen-bond donors (Lipinski definition) is 2. The zero-order valence-electron chi connectivity index (χ0n) is 11.5. The average Bonchev–Trinajstić information content (AvgIpc) is 2.71. The molecule has 0 aliphatic rings. The number of nitrogens with one attached hydrogen (secondary N) is 1. The van der Waals surface area contributed by atoms with Crippen LogP contribution in [0, 0.1) is 6.92 Å². The molecule has 0 fully saturated rings. The van der Waals surface area contributed by atoms with Crippen LogP contribution in [0.1, 0.15) is 29.9 Å². The smallest absolute Gasteiger partial charge is 0.0847 e. The largest absolute Gasteiger partial charge is 0.271 e. The van der Waals surface area contributed by atoms with E-state index < -0.39 is 0 Å². The summed E-state index contributed by atoms with van der Waals surface area (Å²) in [7, 11) is 0. The fourth-order valence-corrected chi connectivity index (χ4v) is 2.88. The normalized spacial score (nSPS) is 12.7. The molecular weight excluding hydrogens is 340 g/mol. The summed E-state index contributed by atoms with van der Waals surface area (Å²) in [5.74, 6) is 5.71. The number of aryl methyl sites for hydroxylation is 2. The van der Waals surface area contributed by atoms with Crippen LogP contribution in [0.2, 0.25) is 5.02 Å². The topological polar surface area (TPSA) is 55.9 Å². The molecule has 2 rings (SSSR count). The van der Waals surface area contributed by atoms with Gasteiger partial charge in [0, 0.05) is 17.4 Å². The molecule has 0 amide bonds. The van der Waals surface area contributed by atoms with Crippen molar-refractivity contribution in [3.05, 3.63) is 50.7 Å². The van der Waals surface area contributed by atoms with Crippen LogP contribution in [0.5, 0.6) is 0 Å². The molecule has 1 heterocycles. The highest BCUT2D eigenvalue weighted by Crippen LogP contribution is 2.27. The molecule has 0 radical (unpaired) electrons. The minimum Gasteiger partial charge on any atom is -0.271 e.